The van der Waals surface area contributed by atoms with Gasteiger partial charge in [-0.05, 0) is 51.4 Å². The fraction of sp³-hybridized carbons (Fsp3) is 0.758. The Balaban J connectivity index is 4.32. The predicted octanol–water partition coefficient (Wildman–Crippen LogP) is 8.26. The zero-order valence-corrected chi connectivity index (χ0v) is 27.8. The molecule has 0 aliphatic heterocycles. The van der Waals surface area contributed by atoms with Crippen LogP contribution in [0, 0.1) is 0 Å². The van der Waals surface area contributed by atoms with Gasteiger partial charge in [0.15, 0.2) is 6.10 Å². The van der Waals surface area contributed by atoms with Crippen LogP contribution in [0.25, 0.3) is 0 Å². The molecule has 3 N–H and O–H groups in total. The second-order valence-electron chi connectivity index (χ2n) is 10.7. The molecule has 0 spiro atoms. The zero-order valence-electron chi connectivity index (χ0n) is 26.9. The molecule has 250 valence electrons. The van der Waals surface area contributed by atoms with Crippen molar-refractivity contribution in [2.45, 2.75) is 136 Å². The van der Waals surface area contributed by atoms with Crippen LogP contribution >= 0.6 is 7.82 Å². The van der Waals surface area contributed by atoms with Crippen molar-refractivity contribution >= 4 is 19.8 Å². The second-order valence-corrected chi connectivity index (χ2v) is 12.1. The molecular weight excluding hydrogens is 569 g/mol. The first kappa shape index (κ1) is 41.2. The van der Waals surface area contributed by atoms with Crippen LogP contribution in [0.5, 0.6) is 0 Å². The molecule has 0 radical (unpaired) electrons. The average Bonchev–Trinajstić information content (AvgIpc) is 2.99. The highest BCUT2D eigenvalue weighted by molar-refractivity contribution is 7.47. The minimum atomic E-state index is -4.37. The van der Waals surface area contributed by atoms with Crippen LogP contribution in [0.3, 0.4) is 0 Å². The summed E-state index contributed by atoms with van der Waals surface area (Å²) in [5.41, 5.74) is 5.30. The number of allylic oxidation sites excluding steroid dienone is 6. The quantitative estimate of drug-likeness (QED) is 0.0348. The molecule has 0 amide bonds. The van der Waals surface area contributed by atoms with Crippen LogP contribution in [0.4, 0.5) is 0 Å². The van der Waals surface area contributed by atoms with Crippen molar-refractivity contribution in [3.05, 3.63) is 36.5 Å². The summed E-state index contributed by atoms with van der Waals surface area (Å²) in [6.07, 6.45) is 29.1. The van der Waals surface area contributed by atoms with E-state index in [0.29, 0.717) is 12.8 Å². The van der Waals surface area contributed by atoms with Gasteiger partial charge in [-0.15, -0.1) is 0 Å². The molecule has 0 aliphatic carbocycles. The summed E-state index contributed by atoms with van der Waals surface area (Å²) in [5, 5.41) is 0. The zero-order chi connectivity index (χ0) is 31.9. The highest BCUT2D eigenvalue weighted by atomic mass is 31.2. The third-order valence-corrected chi connectivity index (χ3v) is 7.51. The largest absolute Gasteiger partial charge is 0.472 e. The van der Waals surface area contributed by atoms with Crippen molar-refractivity contribution in [1.82, 2.24) is 0 Å². The molecule has 0 aliphatic rings. The molecule has 0 rings (SSSR count). The summed E-state index contributed by atoms with van der Waals surface area (Å²) in [7, 11) is -4.37. The summed E-state index contributed by atoms with van der Waals surface area (Å²) < 4.78 is 32.3. The molecule has 9 nitrogen and oxygen atoms in total. The van der Waals surface area contributed by atoms with E-state index in [1.54, 1.807) is 0 Å². The minimum Gasteiger partial charge on any atom is -0.462 e. The van der Waals surface area contributed by atoms with Gasteiger partial charge < -0.3 is 20.1 Å². The number of carbonyl (C=O) groups is 2. The smallest absolute Gasteiger partial charge is 0.462 e. The van der Waals surface area contributed by atoms with Crippen LogP contribution in [-0.4, -0.2) is 49.3 Å². The number of ether oxygens (including phenoxy) is 2. The van der Waals surface area contributed by atoms with Gasteiger partial charge in [0.2, 0.25) is 0 Å². The van der Waals surface area contributed by atoms with Gasteiger partial charge in [-0.3, -0.25) is 18.6 Å². The van der Waals surface area contributed by atoms with E-state index in [2.05, 4.69) is 50.3 Å². The summed E-state index contributed by atoms with van der Waals surface area (Å²) in [5.74, 6) is -0.885. The number of hydrogen-bond donors (Lipinski definition) is 2. The second kappa shape index (κ2) is 30.3. The summed E-state index contributed by atoms with van der Waals surface area (Å²) in [6.45, 7) is 3.57. The number of phosphoric ester groups is 1. The summed E-state index contributed by atoms with van der Waals surface area (Å²) in [4.78, 5) is 34.4. The molecule has 0 bridgehead atoms. The lowest BCUT2D eigenvalue weighted by Crippen LogP contribution is -2.29. The molecule has 0 aromatic rings. The molecule has 10 heteroatoms. The summed E-state index contributed by atoms with van der Waals surface area (Å²) >= 11 is 0. The van der Waals surface area contributed by atoms with E-state index < -0.39 is 32.5 Å². The monoisotopic (exact) mass is 629 g/mol. The van der Waals surface area contributed by atoms with Crippen molar-refractivity contribution < 1.29 is 37.6 Å². The van der Waals surface area contributed by atoms with Gasteiger partial charge in [0.25, 0.3) is 0 Å². The number of esters is 2. The SMILES string of the molecule is CCCCC/C=C/C/C=C/C/C=C/CCCCC(=O)OC[C@@H](COP(=O)(O)OCCN)OC(=O)CCCCCCCCC. The molecule has 0 aromatic carbocycles. The van der Waals surface area contributed by atoms with Crippen molar-refractivity contribution in [3.8, 4) is 0 Å². The van der Waals surface area contributed by atoms with E-state index in [1.165, 1.54) is 38.5 Å². The number of rotatable bonds is 30. The maximum Gasteiger partial charge on any atom is 0.472 e. The van der Waals surface area contributed by atoms with Gasteiger partial charge in [-0.2, -0.15) is 0 Å². The first-order valence-electron chi connectivity index (χ1n) is 16.5. The van der Waals surface area contributed by atoms with E-state index in [-0.39, 0.29) is 32.6 Å². The van der Waals surface area contributed by atoms with E-state index >= 15 is 0 Å². The molecule has 0 aromatic heterocycles. The van der Waals surface area contributed by atoms with Crippen molar-refractivity contribution in [3.63, 3.8) is 0 Å². The lowest BCUT2D eigenvalue weighted by molar-refractivity contribution is -0.161. The Kier molecular flexibility index (Phi) is 29.0. The molecular formula is C33H60NO8P. The average molecular weight is 630 g/mol. The first-order chi connectivity index (χ1) is 20.8. The molecule has 0 fully saturated rings. The van der Waals surface area contributed by atoms with Crippen molar-refractivity contribution in [1.29, 1.82) is 0 Å². The van der Waals surface area contributed by atoms with Crippen LogP contribution in [0.1, 0.15) is 129 Å². The first-order valence-corrected chi connectivity index (χ1v) is 18.0. The lowest BCUT2D eigenvalue weighted by Gasteiger charge is -2.19. The van der Waals surface area contributed by atoms with Gasteiger partial charge >= 0.3 is 19.8 Å². The van der Waals surface area contributed by atoms with Gasteiger partial charge in [-0.1, -0.05) is 102 Å². The Morgan fingerprint density at radius 2 is 1.21 bits per heavy atom. The van der Waals surface area contributed by atoms with Crippen LogP contribution in [0.15, 0.2) is 36.5 Å². The van der Waals surface area contributed by atoms with Crippen LogP contribution < -0.4 is 5.73 Å². The van der Waals surface area contributed by atoms with Gasteiger partial charge in [0.05, 0.1) is 13.2 Å². The molecule has 0 saturated carbocycles. The lowest BCUT2D eigenvalue weighted by atomic mass is 10.1. The third-order valence-electron chi connectivity index (χ3n) is 6.53. The maximum atomic E-state index is 12.3. The Hall–Kier alpha value is -1.77. The number of carbonyl (C=O) groups excluding carboxylic acids is 2. The van der Waals surface area contributed by atoms with Gasteiger partial charge in [0, 0.05) is 19.4 Å². The highest BCUT2D eigenvalue weighted by Gasteiger charge is 2.25. The van der Waals surface area contributed by atoms with Gasteiger partial charge in [0.1, 0.15) is 6.61 Å². The fourth-order valence-electron chi connectivity index (χ4n) is 4.05. The normalized spacial score (nSPS) is 14.0. The van der Waals surface area contributed by atoms with E-state index in [9.17, 15) is 19.0 Å². The van der Waals surface area contributed by atoms with E-state index in [4.69, 9.17) is 24.3 Å². The number of hydrogen-bond acceptors (Lipinski definition) is 8. The van der Waals surface area contributed by atoms with Crippen LogP contribution in [-0.2, 0) is 32.7 Å². The minimum absolute atomic E-state index is 0.0480. The predicted molar refractivity (Wildman–Crippen MR) is 173 cm³/mol. The Bertz CT molecular complexity index is 815. The fourth-order valence-corrected chi connectivity index (χ4v) is 4.81. The standard InChI is InChI=1S/C33H60NO8P/c1-3-5-7-9-11-12-13-14-15-16-17-18-20-21-23-25-32(35)39-29-31(30-41-43(37,38)40-28-27-34)42-33(36)26-24-22-19-10-8-6-4-2/h11-12,14-15,17-18,31H,3-10,13,16,19-30,34H2,1-2H3,(H,37,38)/b12-11+,15-14+,18-17+/t31-/m0/s1. The van der Waals surface area contributed by atoms with E-state index in [1.807, 2.05) is 0 Å². The molecule has 1 unspecified atom stereocenters. The van der Waals surface area contributed by atoms with Gasteiger partial charge in [-0.25, -0.2) is 4.57 Å². The third kappa shape index (κ3) is 30.1. The van der Waals surface area contributed by atoms with E-state index in [0.717, 1.165) is 51.4 Å². The number of nitrogens with two attached hydrogens (primary N) is 1. The molecule has 0 heterocycles. The Morgan fingerprint density at radius 1 is 0.698 bits per heavy atom. The van der Waals surface area contributed by atoms with Crippen molar-refractivity contribution in [2.24, 2.45) is 5.73 Å². The number of phosphoric acid groups is 1. The molecule has 2 atom stereocenters. The number of unbranched alkanes of at least 4 members (excludes halogenated alkanes) is 11. The van der Waals surface area contributed by atoms with Crippen LogP contribution in [0.2, 0.25) is 0 Å². The van der Waals surface area contributed by atoms with Crippen molar-refractivity contribution in [2.75, 3.05) is 26.4 Å². The topological polar surface area (TPSA) is 134 Å². The highest BCUT2D eigenvalue weighted by Crippen LogP contribution is 2.43. The maximum absolute atomic E-state index is 12.3. The molecule has 0 saturated heterocycles. The molecule has 43 heavy (non-hydrogen) atoms. The Labute approximate surface area is 261 Å². The Morgan fingerprint density at radius 3 is 1.84 bits per heavy atom. The summed E-state index contributed by atoms with van der Waals surface area (Å²) in [6, 6.07) is 0.